The van der Waals surface area contributed by atoms with Crippen molar-refractivity contribution in [2.45, 2.75) is 52.6 Å². The van der Waals surface area contributed by atoms with Crippen molar-refractivity contribution in [3.05, 3.63) is 0 Å². The average molecular weight is 156 g/mol. The zero-order valence-electron chi connectivity index (χ0n) is 8.24. The molecule has 0 aliphatic carbocycles. The standard InChI is InChI=1S/C10H20O/c1-9(2,3)8-10(4)6-5-7-11-10/h5-8H2,1-4H3. The summed E-state index contributed by atoms with van der Waals surface area (Å²) in [6, 6.07) is 0. The van der Waals surface area contributed by atoms with Crippen LogP contribution in [0.5, 0.6) is 0 Å². The quantitative estimate of drug-likeness (QED) is 0.567. The van der Waals surface area contributed by atoms with E-state index in [-0.39, 0.29) is 5.60 Å². The summed E-state index contributed by atoms with van der Waals surface area (Å²) in [6.45, 7) is 10.0. The Kier molecular flexibility index (Phi) is 2.29. The summed E-state index contributed by atoms with van der Waals surface area (Å²) in [7, 11) is 0. The molecule has 1 fully saturated rings. The van der Waals surface area contributed by atoms with Crippen molar-refractivity contribution in [2.24, 2.45) is 5.41 Å². The van der Waals surface area contributed by atoms with Gasteiger partial charge < -0.3 is 4.74 Å². The Bertz CT molecular complexity index is 126. The van der Waals surface area contributed by atoms with E-state index in [0.717, 1.165) is 6.61 Å². The van der Waals surface area contributed by atoms with Crippen molar-refractivity contribution in [1.29, 1.82) is 0 Å². The second-order valence-electron chi connectivity index (χ2n) is 5.14. The maximum absolute atomic E-state index is 5.72. The fourth-order valence-corrected chi connectivity index (χ4v) is 2.10. The molecular formula is C10H20O. The number of hydrogen-bond acceptors (Lipinski definition) is 1. The molecule has 1 atom stereocenters. The fraction of sp³-hybridized carbons (Fsp3) is 1.00. The normalized spacial score (nSPS) is 32.7. The Morgan fingerprint density at radius 2 is 2.00 bits per heavy atom. The van der Waals surface area contributed by atoms with Crippen LogP contribution in [0.2, 0.25) is 0 Å². The van der Waals surface area contributed by atoms with Gasteiger partial charge in [0.05, 0.1) is 5.60 Å². The van der Waals surface area contributed by atoms with Crippen LogP contribution in [-0.4, -0.2) is 12.2 Å². The van der Waals surface area contributed by atoms with Crippen LogP contribution in [0, 0.1) is 5.41 Å². The Labute approximate surface area is 70.1 Å². The van der Waals surface area contributed by atoms with E-state index in [0.29, 0.717) is 5.41 Å². The fourth-order valence-electron chi connectivity index (χ4n) is 2.10. The topological polar surface area (TPSA) is 9.23 Å². The molecular weight excluding hydrogens is 136 g/mol. The highest BCUT2D eigenvalue weighted by Gasteiger charge is 2.33. The summed E-state index contributed by atoms with van der Waals surface area (Å²) in [5.74, 6) is 0. The lowest BCUT2D eigenvalue weighted by Crippen LogP contribution is -2.29. The molecule has 1 unspecified atom stereocenters. The first-order valence-electron chi connectivity index (χ1n) is 4.55. The lowest BCUT2D eigenvalue weighted by Gasteiger charge is -2.31. The first-order valence-corrected chi connectivity index (χ1v) is 4.55. The summed E-state index contributed by atoms with van der Waals surface area (Å²) in [4.78, 5) is 0. The minimum Gasteiger partial charge on any atom is -0.375 e. The van der Waals surface area contributed by atoms with Crippen molar-refractivity contribution in [3.8, 4) is 0 Å². The Morgan fingerprint density at radius 1 is 1.36 bits per heavy atom. The highest BCUT2D eigenvalue weighted by Crippen LogP contribution is 2.36. The zero-order valence-corrected chi connectivity index (χ0v) is 8.24. The van der Waals surface area contributed by atoms with Crippen LogP contribution in [0.25, 0.3) is 0 Å². The summed E-state index contributed by atoms with van der Waals surface area (Å²) >= 11 is 0. The number of ether oxygens (including phenoxy) is 1. The molecule has 0 saturated carbocycles. The van der Waals surface area contributed by atoms with Crippen LogP contribution in [0.15, 0.2) is 0 Å². The van der Waals surface area contributed by atoms with Gasteiger partial charge in [-0.1, -0.05) is 20.8 Å². The molecule has 0 aromatic heterocycles. The van der Waals surface area contributed by atoms with E-state index in [1.54, 1.807) is 0 Å². The third-order valence-electron chi connectivity index (χ3n) is 2.20. The van der Waals surface area contributed by atoms with Crippen LogP contribution in [-0.2, 0) is 4.74 Å². The predicted molar refractivity (Wildman–Crippen MR) is 47.7 cm³/mol. The third-order valence-corrected chi connectivity index (χ3v) is 2.20. The van der Waals surface area contributed by atoms with Gasteiger partial charge in [-0.15, -0.1) is 0 Å². The SMILES string of the molecule is CC(C)(C)CC1(C)CCCO1. The molecule has 0 bridgehead atoms. The van der Waals surface area contributed by atoms with Crippen LogP contribution >= 0.6 is 0 Å². The van der Waals surface area contributed by atoms with Gasteiger partial charge in [-0.3, -0.25) is 0 Å². The maximum atomic E-state index is 5.72. The van der Waals surface area contributed by atoms with E-state index in [1.165, 1.54) is 19.3 Å². The lowest BCUT2D eigenvalue weighted by molar-refractivity contribution is -0.0107. The van der Waals surface area contributed by atoms with Gasteiger partial charge in [0.15, 0.2) is 0 Å². The molecule has 1 heterocycles. The summed E-state index contributed by atoms with van der Waals surface area (Å²) in [5.41, 5.74) is 0.581. The minimum absolute atomic E-state index is 0.179. The van der Waals surface area contributed by atoms with Crippen molar-refractivity contribution in [1.82, 2.24) is 0 Å². The van der Waals surface area contributed by atoms with Gasteiger partial charge >= 0.3 is 0 Å². The zero-order chi connectivity index (χ0) is 8.54. The molecule has 1 heteroatoms. The van der Waals surface area contributed by atoms with Gasteiger partial charge in [0, 0.05) is 6.61 Å². The highest BCUT2D eigenvalue weighted by atomic mass is 16.5. The average Bonchev–Trinajstić information content (AvgIpc) is 2.09. The first-order chi connectivity index (χ1) is 4.91. The van der Waals surface area contributed by atoms with Gasteiger partial charge in [0.2, 0.25) is 0 Å². The Morgan fingerprint density at radius 3 is 2.36 bits per heavy atom. The lowest BCUT2D eigenvalue weighted by atomic mass is 9.81. The number of hydrogen-bond donors (Lipinski definition) is 0. The summed E-state index contributed by atoms with van der Waals surface area (Å²) in [5, 5.41) is 0. The molecule has 0 N–H and O–H groups in total. The molecule has 0 aromatic carbocycles. The Hall–Kier alpha value is -0.0400. The molecule has 0 amide bonds. The molecule has 1 aliphatic heterocycles. The smallest absolute Gasteiger partial charge is 0.0660 e. The van der Waals surface area contributed by atoms with Gasteiger partial charge in [-0.2, -0.15) is 0 Å². The molecule has 1 saturated heterocycles. The second-order valence-corrected chi connectivity index (χ2v) is 5.14. The van der Waals surface area contributed by atoms with Gasteiger partial charge in [0.1, 0.15) is 0 Å². The van der Waals surface area contributed by atoms with Crippen LogP contribution in [0.3, 0.4) is 0 Å². The summed E-state index contributed by atoms with van der Waals surface area (Å²) < 4.78 is 5.72. The second kappa shape index (κ2) is 2.78. The van der Waals surface area contributed by atoms with Crippen molar-refractivity contribution in [2.75, 3.05) is 6.61 Å². The van der Waals surface area contributed by atoms with E-state index >= 15 is 0 Å². The molecule has 66 valence electrons. The van der Waals surface area contributed by atoms with Gasteiger partial charge in [-0.05, 0) is 31.6 Å². The highest BCUT2D eigenvalue weighted by molar-refractivity contribution is 4.84. The number of rotatable bonds is 1. The monoisotopic (exact) mass is 156 g/mol. The van der Waals surface area contributed by atoms with Gasteiger partial charge in [-0.25, -0.2) is 0 Å². The van der Waals surface area contributed by atoms with Crippen LogP contribution in [0.1, 0.15) is 47.0 Å². The molecule has 1 rings (SSSR count). The first kappa shape index (κ1) is 9.05. The largest absolute Gasteiger partial charge is 0.375 e. The molecule has 0 spiro atoms. The van der Waals surface area contributed by atoms with E-state index in [1.807, 2.05) is 0 Å². The summed E-state index contributed by atoms with van der Waals surface area (Å²) in [6.07, 6.45) is 3.66. The van der Waals surface area contributed by atoms with Crippen molar-refractivity contribution < 1.29 is 4.74 Å². The third kappa shape index (κ3) is 2.82. The van der Waals surface area contributed by atoms with Crippen LogP contribution in [0.4, 0.5) is 0 Å². The maximum Gasteiger partial charge on any atom is 0.0660 e. The van der Waals surface area contributed by atoms with Crippen molar-refractivity contribution >= 4 is 0 Å². The van der Waals surface area contributed by atoms with E-state index < -0.39 is 0 Å². The molecule has 1 aliphatic rings. The van der Waals surface area contributed by atoms with E-state index in [9.17, 15) is 0 Å². The Balaban J connectivity index is 2.46. The van der Waals surface area contributed by atoms with E-state index in [4.69, 9.17) is 4.74 Å². The molecule has 0 radical (unpaired) electrons. The van der Waals surface area contributed by atoms with E-state index in [2.05, 4.69) is 27.7 Å². The molecule has 1 nitrogen and oxygen atoms in total. The predicted octanol–water partition coefficient (Wildman–Crippen LogP) is 2.99. The molecule has 0 aromatic rings. The van der Waals surface area contributed by atoms with Crippen LogP contribution < -0.4 is 0 Å². The van der Waals surface area contributed by atoms with Gasteiger partial charge in [0.25, 0.3) is 0 Å². The molecule has 11 heavy (non-hydrogen) atoms. The minimum atomic E-state index is 0.179. The van der Waals surface area contributed by atoms with Crippen molar-refractivity contribution in [3.63, 3.8) is 0 Å².